The largest absolute Gasteiger partial charge is 0.383 e. The molecular weight excluding hydrogens is 451 g/mol. The van der Waals surface area contributed by atoms with Crippen LogP contribution in [0.1, 0.15) is 44.1 Å². The minimum Gasteiger partial charge on any atom is -0.383 e. The van der Waals surface area contributed by atoms with Crippen LogP contribution in [0.4, 0.5) is 4.39 Å². The van der Waals surface area contributed by atoms with E-state index in [2.05, 4.69) is 10.2 Å². The van der Waals surface area contributed by atoms with E-state index < -0.39 is 29.8 Å². The van der Waals surface area contributed by atoms with Crippen LogP contribution in [-0.4, -0.2) is 75.7 Å². The number of piperidine rings is 1. The van der Waals surface area contributed by atoms with Gasteiger partial charge >= 0.3 is 0 Å². The predicted molar refractivity (Wildman–Crippen MR) is 126 cm³/mol. The summed E-state index contributed by atoms with van der Waals surface area (Å²) in [6.45, 7) is 2.52. The number of aliphatic hydroxyl groups is 1. The molecule has 0 radical (unpaired) electrons. The van der Waals surface area contributed by atoms with Crippen molar-refractivity contribution in [3.05, 3.63) is 47.7 Å². The maximum atomic E-state index is 13.4. The zero-order valence-corrected chi connectivity index (χ0v) is 19.9. The van der Waals surface area contributed by atoms with Crippen LogP contribution in [0, 0.1) is 17.7 Å². The Balaban J connectivity index is 1.32. The molecule has 2 N–H and O–H groups in total. The molecule has 1 aliphatic carbocycles. The summed E-state index contributed by atoms with van der Waals surface area (Å²) in [6, 6.07) is 4.75. The highest BCUT2D eigenvalue weighted by atomic mass is 19.1. The molecule has 3 atom stereocenters. The Labute approximate surface area is 204 Å². The average molecular weight is 485 g/mol. The van der Waals surface area contributed by atoms with Gasteiger partial charge in [-0.15, -0.1) is 0 Å². The van der Waals surface area contributed by atoms with Gasteiger partial charge < -0.3 is 20.2 Å². The van der Waals surface area contributed by atoms with Gasteiger partial charge in [0.05, 0.1) is 0 Å². The molecule has 0 spiro atoms. The third-order valence-electron chi connectivity index (χ3n) is 7.80. The van der Waals surface area contributed by atoms with Crippen LogP contribution < -0.4 is 5.32 Å². The van der Waals surface area contributed by atoms with Gasteiger partial charge in [0.2, 0.25) is 5.91 Å². The Bertz CT molecular complexity index is 1010. The first kappa shape index (κ1) is 23.8. The van der Waals surface area contributed by atoms with E-state index in [0.29, 0.717) is 18.0 Å². The minimum absolute atomic E-state index is 0.0379. The lowest BCUT2D eigenvalue weighted by molar-refractivity contribution is -0.159. The van der Waals surface area contributed by atoms with E-state index in [1.54, 1.807) is 21.9 Å². The van der Waals surface area contributed by atoms with Gasteiger partial charge in [0.25, 0.3) is 5.91 Å². The number of carbonyl (C=O) groups is 3. The molecule has 3 heterocycles. The summed E-state index contributed by atoms with van der Waals surface area (Å²) < 4.78 is 13.1. The van der Waals surface area contributed by atoms with Crippen molar-refractivity contribution in [2.45, 2.75) is 57.2 Å². The molecule has 0 bridgehead atoms. The van der Waals surface area contributed by atoms with E-state index in [1.807, 2.05) is 6.20 Å². The number of nitrogens with zero attached hydrogens (tertiary/aromatic N) is 3. The molecule has 8 nitrogen and oxygen atoms in total. The van der Waals surface area contributed by atoms with E-state index in [0.717, 1.165) is 25.3 Å². The highest BCUT2D eigenvalue weighted by Gasteiger charge is 2.51. The van der Waals surface area contributed by atoms with Gasteiger partial charge in [0, 0.05) is 38.9 Å². The Morgan fingerprint density at radius 3 is 2.54 bits per heavy atom. The maximum Gasteiger partial charge on any atom is 0.254 e. The van der Waals surface area contributed by atoms with Gasteiger partial charge in [-0.25, -0.2) is 4.39 Å². The summed E-state index contributed by atoms with van der Waals surface area (Å²) in [6.07, 6.45) is 7.33. The normalized spacial score (nSPS) is 27.3. The standard InChI is InChI=1S/C26H33FN4O4/c27-19-9-7-17(8-10-19)13-28-25(34)20-15-30-16-21-29(14-18-5-2-1-3-6-18)11-4-12-31(21)26(35)22(30)24(33)23(20)32/h7-10,16,18,20,22,24,33H,1-6,11-15H2,(H,28,34). The van der Waals surface area contributed by atoms with Crippen molar-refractivity contribution in [2.75, 3.05) is 26.2 Å². The fourth-order valence-corrected chi connectivity index (χ4v) is 5.86. The number of hydrogen-bond donors (Lipinski definition) is 2. The average Bonchev–Trinajstić information content (AvgIpc) is 2.87. The zero-order valence-electron chi connectivity index (χ0n) is 19.9. The third-order valence-corrected chi connectivity index (χ3v) is 7.80. The lowest BCUT2D eigenvalue weighted by atomic mass is 9.86. The van der Waals surface area contributed by atoms with Gasteiger partial charge in [0.15, 0.2) is 5.78 Å². The van der Waals surface area contributed by atoms with Gasteiger partial charge in [0.1, 0.15) is 29.7 Å². The first-order chi connectivity index (χ1) is 16.9. The molecule has 3 fully saturated rings. The molecule has 5 rings (SSSR count). The molecule has 1 aromatic carbocycles. The second-order valence-corrected chi connectivity index (χ2v) is 10.2. The highest BCUT2D eigenvalue weighted by Crippen LogP contribution is 2.33. The molecular formula is C26H33FN4O4. The van der Waals surface area contributed by atoms with Crippen LogP contribution in [0.2, 0.25) is 0 Å². The van der Waals surface area contributed by atoms with Crippen molar-refractivity contribution in [1.29, 1.82) is 0 Å². The predicted octanol–water partition coefficient (Wildman–Crippen LogP) is 1.60. The molecule has 3 aliphatic heterocycles. The molecule has 1 aromatic rings. The Hall–Kier alpha value is -2.94. The fourth-order valence-electron chi connectivity index (χ4n) is 5.86. The second-order valence-electron chi connectivity index (χ2n) is 10.2. The molecule has 188 valence electrons. The van der Waals surface area contributed by atoms with Crippen molar-refractivity contribution < 1.29 is 23.9 Å². The number of Topliss-reactive ketones (excluding diaryl/α,β-unsaturated/α-hetero) is 1. The van der Waals surface area contributed by atoms with Crippen LogP contribution >= 0.6 is 0 Å². The number of carbonyl (C=O) groups excluding carboxylic acids is 3. The molecule has 4 aliphatic rings. The fraction of sp³-hybridized carbons (Fsp3) is 0.577. The van der Waals surface area contributed by atoms with Crippen LogP contribution in [0.5, 0.6) is 0 Å². The number of halogens is 1. The number of nitrogens with one attached hydrogen (secondary N) is 1. The summed E-state index contributed by atoms with van der Waals surface area (Å²) >= 11 is 0. The maximum absolute atomic E-state index is 13.4. The molecule has 1 saturated carbocycles. The number of aliphatic hydroxyl groups excluding tert-OH is 1. The number of ketones is 1. The first-order valence-electron chi connectivity index (χ1n) is 12.7. The van der Waals surface area contributed by atoms with Gasteiger partial charge in [-0.1, -0.05) is 31.4 Å². The highest BCUT2D eigenvalue weighted by molar-refractivity contribution is 6.07. The SMILES string of the molecule is O=C(NCc1ccc(F)cc1)C1CN2C=C3N(CC4CCCCC4)CCCN3C(=O)C2C(O)C1=O. The van der Waals surface area contributed by atoms with E-state index in [-0.39, 0.29) is 24.8 Å². The number of amides is 2. The van der Waals surface area contributed by atoms with E-state index in [9.17, 15) is 23.9 Å². The molecule has 35 heavy (non-hydrogen) atoms. The third kappa shape index (κ3) is 4.78. The van der Waals surface area contributed by atoms with Crippen LogP contribution in [0.25, 0.3) is 0 Å². The van der Waals surface area contributed by atoms with Crippen molar-refractivity contribution in [1.82, 2.24) is 20.0 Å². The van der Waals surface area contributed by atoms with Crippen molar-refractivity contribution in [2.24, 2.45) is 11.8 Å². The lowest BCUT2D eigenvalue weighted by Gasteiger charge is -2.50. The number of benzene rings is 1. The Morgan fingerprint density at radius 1 is 1.06 bits per heavy atom. The van der Waals surface area contributed by atoms with Crippen molar-refractivity contribution in [3.63, 3.8) is 0 Å². The molecule has 2 amide bonds. The van der Waals surface area contributed by atoms with E-state index >= 15 is 0 Å². The number of hydrogen-bond acceptors (Lipinski definition) is 6. The quantitative estimate of drug-likeness (QED) is 0.617. The summed E-state index contributed by atoms with van der Waals surface area (Å²) in [5.74, 6) is -1.45. The second kappa shape index (κ2) is 9.97. The first-order valence-corrected chi connectivity index (χ1v) is 12.7. The summed E-state index contributed by atoms with van der Waals surface area (Å²) in [4.78, 5) is 44.8. The molecule has 2 saturated heterocycles. The topological polar surface area (TPSA) is 93.2 Å². The van der Waals surface area contributed by atoms with Crippen LogP contribution in [-0.2, 0) is 20.9 Å². The zero-order chi connectivity index (χ0) is 24.5. The molecule has 0 aromatic heterocycles. The van der Waals surface area contributed by atoms with E-state index in [1.165, 1.54) is 44.2 Å². The van der Waals surface area contributed by atoms with Crippen LogP contribution in [0.15, 0.2) is 36.3 Å². The monoisotopic (exact) mass is 484 g/mol. The molecule has 9 heteroatoms. The number of rotatable bonds is 5. The van der Waals surface area contributed by atoms with Crippen molar-refractivity contribution >= 4 is 17.6 Å². The minimum atomic E-state index is -1.57. The number of fused-ring (bicyclic) bond motifs is 2. The van der Waals surface area contributed by atoms with Crippen LogP contribution in [0.3, 0.4) is 0 Å². The van der Waals surface area contributed by atoms with Crippen molar-refractivity contribution in [3.8, 4) is 0 Å². The smallest absolute Gasteiger partial charge is 0.254 e. The Kier molecular flexibility index (Phi) is 6.77. The van der Waals surface area contributed by atoms with E-state index in [4.69, 9.17) is 0 Å². The Morgan fingerprint density at radius 2 is 1.80 bits per heavy atom. The summed E-state index contributed by atoms with van der Waals surface area (Å²) in [7, 11) is 0. The van der Waals surface area contributed by atoms with Gasteiger partial charge in [-0.2, -0.15) is 0 Å². The summed E-state index contributed by atoms with van der Waals surface area (Å²) in [5.41, 5.74) is 0.702. The van der Waals surface area contributed by atoms with Gasteiger partial charge in [-0.05, 0) is 42.9 Å². The lowest BCUT2D eigenvalue weighted by Crippen LogP contribution is -2.67. The molecule has 3 unspecified atom stereocenters. The summed E-state index contributed by atoms with van der Waals surface area (Å²) in [5, 5.41) is 13.5. The van der Waals surface area contributed by atoms with Gasteiger partial charge in [-0.3, -0.25) is 19.3 Å².